The zero-order chi connectivity index (χ0) is 19.8. The fourth-order valence-corrected chi connectivity index (χ4v) is 2.74. The van der Waals surface area contributed by atoms with E-state index in [4.69, 9.17) is 9.15 Å². The van der Waals surface area contributed by atoms with Crippen molar-refractivity contribution in [2.45, 2.75) is 26.5 Å². The molecule has 0 spiro atoms. The van der Waals surface area contributed by atoms with Crippen LogP contribution in [0, 0.1) is 5.92 Å². The number of amides is 1. The third-order valence-electron chi connectivity index (χ3n) is 4.42. The van der Waals surface area contributed by atoms with Crippen molar-refractivity contribution < 1.29 is 13.9 Å². The Morgan fingerprint density at radius 3 is 2.32 bits per heavy atom. The van der Waals surface area contributed by atoms with Crippen molar-refractivity contribution in [3.63, 3.8) is 0 Å². The predicted octanol–water partition coefficient (Wildman–Crippen LogP) is 4.73. The van der Waals surface area contributed by atoms with Gasteiger partial charge in [-0.05, 0) is 42.3 Å². The molecule has 3 aromatic rings. The van der Waals surface area contributed by atoms with Gasteiger partial charge >= 0.3 is 0 Å². The molecule has 0 bridgehead atoms. The van der Waals surface area contributed by atoms with E-state index in [-0.39, 0.29) is 24.3 Å². The number of carbonyl (C=O) groups excluding carboxylic acids is 1. The Bertz CT molecular complexity index is 860. The van der Waals surface area contributed by atoms with E-state index in [0.717, 1.165) is 11.4 Å². The minimum atomic E-state index is -0.230. The zero-order valence-electron chi connectivity index (χ0n) is 16.2. The lowest BCUT2D eigenvalue weighted by Crippen LogP contribution is -2.39. The summed E-state index contributed by atoms with van der Waals surface area (Å²) in [5.74, 6) is 1.78. The maximum atomic E-state index is 12.4. The van der Waals surface area contributed by atoms with Crippen molar-refractivity contribution in [2.24, 2.45) is 5.92 Å². The van der Waals surface area contributed by atoms with Crippen LogP contribution in [0.4, 0.5) is 5.69 Å². The maximum absolute atomic E-state index is 12.4. The highest BCUT2D eigenvalue weighted by molar-refractivity contribution is 5.91. The molecule has 1 heterocycles. The first-order valence-electron chi connectivity index (χ1n) is 9.48. The van der Waals surface area contributed by atoms with Gasteiger partial charge in [0.2, 0.25) is 0 Å². The smallest absolute Gasteiger partial charge is 0.287 e. The second kappa shape index (κ2) is 9.65. The zero-order valence-corrected chi connectivity index (χ0v) is 16.2. The molecule has 5 heteroatoms. The van der Waals surface area contributed by atoms with Crippen LogP contribution < -0.4 is 15.4 Å². The standard InChI is InChI=1S/C23H26N2O3/c1-17(2)21(25-18-9-5-3-6-10-18)15-24-23(26)22-14-13-20(28-22)16-27-19-11-7-4-8-12-19/h3-14,17,21,25H,15-16H2,1-2H3,(H,24,26). The van der Waals surface area contributed by atoms with E-state index in [1.165, 1.54) is 0 Å². The van der Waals surface area contributed by atoms with Gasteiger partial charge in [-0.3, -0.25) is 4.79 Å². The molecule has 0 saturated heterocycles. The topological polar surface area (TPSA) is 63.5 Å². The van der Waals surface area contributed by atoms with E-state index in [0.29, 0.717) is 18.2 Å². The Morgan fingerprint density at radius 2 is 1.64 bits per heavy atom. The summed E-state index contributed by atoms with van der Waals surface area (Å²) in [5.41, 5.74) is 1.04. The number of benzene rings is 2. The Kier molecular flexibility index (Phi) is 6.73. The number of anilines is 1. The quantitative estimate of drug-likeness (QED) is 0.565. The number of hydrogen-bond acceptors (Lipinski definition) is 4. The van der Waals surface area contributed by atoms with Gasteiger partial charge in [0.25, 0.3) is 5.91 Å². The maximum Gasteiger partial charge on any atom is 0.287 e. The van der Waals surface area contributed by atoms with Crippen molar-refractivity contribution in [3.8, 4) is 5.75 Å². The molecule has 1 aromatic heterocycles. The van der Waals surface area contributed by atoms with E-state index in [9.17, 15) is 4.79 Å². The molecule has 146 valence electrons. The highest BCUT2D eigenvalue weighted by Crippen LogP contribution is 2.15. The van der Waals surface area contributed by atoms with Crippen LogP contribution in [0.3, 0.4) is 0 Å². The van der Waals surface area contributed by atoms with Crippen molar-refractivity contribution in [2.75, 3.05) is 11.9 Å². The van der Waals surface area contributed by atoms with Crippen molar-refractivity contribution in [1.29, 1.82) is 0 Å². The number of furan rings is 1. The Hall–Kier alpha value is -3.21. The van der Waals surface area contributed by atoms with E-state index < -0.39 is 0 Å². The number of para-hydroxylation sites is 2. The van der Waals surface area contributed by atoms with E-state index in [1.807, 2.05) is 60.7 Å². The number of carbonyl (C=O) groups is 1. The molecule has 1 unspecified atom stereocenters. The molecule has 5 nitrogen and oxygen atoms in total. The normalized spacial score (nSPS) is 11.8. The average molecular weight is 378 g/mol. The van der Waals surface area contributed by atoms with Crippen LogP contribution >= 0.6 is 0 Å². The minimum Gasteiger partial charge on any atom is -0.486 e. The van der Waals surface area contributed by atoms with Crippen LogP contribution in [0.2, 0.25) is 0 Å². The summed E-state index contributed by atoms with van der Waals surface area (Å²) in [6.07, 6.45) is 0. The minimum absolute atomic E-state index is 0.113. The summed E-state index contributed by atoms with van der Waals surface area (Å²) in [5, 5.41) is 6.42. The highest BCUT2D eigenvalue weighted by atomic mass is 16.5. The second-order valence-corrected chi connectivity index (χ2v) is 6.94. The lowest BCUT2D eigenvalue weighted by molar-refractivity contribution is 0.0918. The number of hydrogen-bond donors (Lipinski definition) is 2. The lowest BCUT2D eigenvalue weighted by atomic mass is 10.0. The summed E-state index contributed by atoms with van der Waals surface area (Å²) in [6, 6.07) is 23.0. The van der Waals surface area contributed by atoms with Gasteiger partial charge in [0.05, 0.1) is 0 Å². The predicted molar refractivity (Wildman–Crippen MR) is 111 cm³/mol. The summed E-state index contributed by atoms with van der Waals surface area (Å²) >= 11 is 0. The molecular weight excluding hydrogens is 352 g/mol. The average Bonchev–Trinajstić information content (AvgIpc) is 3.20. The van der Waals surface area contributed by atoms with Crippen molar-refractivity contribution in [1.82, 2.24) is 5.32 Å². The first-order valence-corrected chi connectivity index (χ1v) is 9.48. The second-order valence-electron chi connectivity index (χ2n) is 6.94. The molecule has 1 amide bonds. The Morgan fingerprint density at radius 1 is 0.964 bits per heavy atom. The first kappa shape index (κ1) is 19.5. The Balaban J connectivity index is 1.51. The van der Waals surface area contributed by atoms with Crippen LogP contribution in [0.1, 0.15) is 30.2 Å². The van der Waals surface area contributed by atoms with Gasteiger partial charge in [-0.25, -0.2) is 0 Å². The molecule has 0 aliphatic carbocycles. The molecule has 0 fully saturated rings. The van der Waals surface area contributed by atoms with Gasteiger partial charge in [-0.1, -0.05) is 50.2 Å². The molecule has 0 aliphatic heterocycles. The van der Waals surface area contributed by atoms with Crippen LogP contribution in [0.25, 0.3) is 0 Å². The molecule has 2 N–H and O–H groups in total. The van der Waals surface area contributed by atoms with Gasteiger partial charge in [0, 0.05) is 18.3 Å². The molecule has 0 aliphatic rings. The number of rotatable bonds is 9. The molecule has 0 radical (unpaired) electrons. The summed E-state index contributed by atoms with van der Waals surface area (Å²) in [4.78, 5) is 12.4. The largest absolute Gasteiger partial charge is 0.486 e. The summed E-state index contributed by atoms with van der Waals surface area (Å²) in [6.45, 7) is 5.03. The monoisotopic (exact) mass is 378 g/mol. The van der Waals surface area contributed by atoms with E-state index in [2.05, 4.69) is 24.5 Å². The number of ether oxygens (including phenoxy) is 1. The number of nitrogens with one attached hydrogen (secondary N) is 2. The van der Waals surface area contributed by atoms with E-state index >= 15 is 0 Å². The summed E-state index contributed by atoms with van der Waals surface area (Å²) < 4.78 is 11.3. The summed E-state index contributed by atoms with van der Waals surface area (Å²) in [7, 11) is 0. The van der Waals surface area contributed by atoms with Crippen molar-refractivity contribution >= 4 is 11.6 Å². The molecule has 28 heavy (non-hydrogen) atoms. The van der Waals surface area contributed by atoms with Crippen LogP contribution in [0.15, 0.2) is 77.2 Å². The fourth-order valence-electron chi connectivity index (χ4n) is 2.74. The van der Waals surface area contributed by atoms with Crippen LogP contribution in [-0.2, 0) is 6.61 Å². The molecule has 2 aromatic carbocycles. The van der Waals surface area contributed by atoms with Gasteiger partial charge in [0.1, 0.15) is 18.1 Å². The van der Waals surface area contributed by atoms with Gasteiger partial charge in [-0.15, -0.1) is 0 Å². The fraction of sp³-hybridized carbons (Fsp3) is 0.261. The van der Waals surface area contributed by atoms with Crippen LogP contribution in [0.5, 0.6) is 5.75 Å². The SMILES string of the molecule is CC(C)C(CNC(=O)c1ccc(COc2ccccc2)o1)Nc1ccccc1. The molecular formula is C23H26N2O3. The van der Waals surface area contributed by atoms with E-state index in [1.54, 1.807) is 12.1 Å². The molecule has 0 saturated carbocycles. The van der Waals surface area contributed by atoms with Gasteiger partial charge in [0.15, 0.2) is 5.76 Å². The third-order valence-corrected chi connectivity index (χ3v) is 4.42. The van der Waals surface area contributed by atoms with Gasteiger partial charge in [-0.2, -0.15) is 0 Å². The van der Waals surface area contributed by atoms with Gasteiger partial charge < -0.3 is 19.8 Å². The Labute approximate surface area is 165 Å². The molecule has 1 atom stereocenters. The first-order chi connectivity index (χ1) is 13.6. The third kappa shape index (κ3) is 5.64. The lowest BCUT2D eigenvalue weighted by Gasteiger charge is -2.23. The highest BCUT2D eigenvalue weighted by Gasteiger charge is 2.17. The van der Waals surface area contributed by atoms with Crippen molar-refractivity contribution in [3.05, 3.63) is 84.3 Å². The molecule has 3 rings (SSSR count). The van der Waals surface area contributed by atoms with Crippen LogP contribution in [-0.4, -0.2) is 18.5 Å².